The minimum absolute atomic E-state index is 0.273. The first-order chi connectivity index (χ1) is 12.5. The molecule has 2 heterocycles. The summed E-state index contributed by atoms with van der Waals surface area (Å²) in [6.07, 6.45) is 3.90. The van der Waals surface area contributed by atoms with Gasteiger partial charge < -0.3 is 14.3 Å². The second-order valence-electron chi connectivity index (χ2n) is 6.80. The molecule has 4 rings (SSSR count). The Morgan fingerprint density at radius 3 is 2.69 bits per heavy atom. The van der Waals surface area contributed by atoms with Gasteiger partial charge in [-0.1, -0.05) is 12.1 Å². The van der Waals surface area contributed by atoms with Crippen LogP contribution >= 0.6 is 0 Å². The van der Waals surface area contributed by atoms with Gasteiger partial charge in [-0.15, -0.1) is 0 Å². The summed E-state index contributed by atoms with van der Waals surface area (Å²) < 4.78 is 20.2. The van der Waals surface area contributed by atoms with Crippen LogP contribution in [-0.4, -0.2) is 17.0 Å². The van der Waals surface area contributed by atoms with E-state index in [1.807, 2.05) is 0 Å². The fraction of sp³-hybridized carbons (Fsp3) is 0.300. The van der Waals surface area contributed by atoms with Crippen molar-refractivity contribution in [1.82, 2.24) is 9.88 Å². The van der Waals surface area contributed by atoms with Crippen molar-refractivity contribution in [3.63, 3.8) is 0 Å². The van der Waals surface area contributed by atoms with Gasteiger partial charge in [0.2, 0.25) is 0 Å². The van der Waals surface area contributed by atoms with Crippen molar-refractivity contribution in [3.05, 3.63) is 69.6 Å². The zero-order valence-corrected chi connectivity index (χ0v) is 14.4. The predicted molar refractivity (Wildman–Crippen MR) is 95.8 cm³/mol. The molecule has 0 spiro atoms. The third kappa shape index (κ3) is 3.14. The Kier molecular flexibility index (Phi) is 4.11. The molecule has 1 amide bonds. The fourth-order valence-corrected chi connectivity index (χ4v) is 3.10. The van der Waals surface area contributed by atoms with Gasteiger partial charge in [-0.2, -0.15) is 0 Å². The van der Waals surface area contributed by atoms with E-state index in [0.29, 0.717) is 41.3 Å². The van der Waals surface area contributed by atoms with Gasteiger partial charge >= 0.3 is 0 Å². The summed E-state index contributed by atoms with van der Waals surface area (Å²) in [5.41, 5.74) is 1.21. The van der Waals surface area contributed by atoms with Gasteiger partial charge in [0.1, 0.15) is 17.2 Å². The van der Waals surface area contributed by atoms with Gasteiger partial charge in [0.15, 0.2) is 0 Å². The molecule has 1 saturated carbocycles. The lowest BCUT2D eigenvalue weighted by Gasteiger charge is -2.07. The molecule has 6 heteroatoms. The molecule has 1 N–H and O–H groups in total. The minimum Gasteiger partial charge on any atom is -0.460 e. The van der Waals surface area contributed by atoms with Gasteiger partial charge in [-0.05, 0) is 49.4 Å². The van der Waals surface area contributed by atoms with E-state index in [0.717, 1.165) is 18.4 Å². The summed E-state index contributed by atoms with van der Waals surface area (Å²) in [6, 6.07) is 7.67. The topological polar surface area (TPSA) is 64.2 Å². The van der Waals surface area contributed by atoms with E-state index in [9.17, 15) is 14.0 Å². The van der Waals surface area contributed by atoms with Crippen molar-refractivity contribution < 1.29 is 13.6 Å². The number of nitrogens with zero attached hydrogens (tertiary/aromatic N) is 1. The molecule has 0 radical (unpaired) electrons. The number of fused-ring (bicyclic) bond motifs is 1. The van der Waals surface area contributed by atoms with E-state index in [1.165, 1.54) is 16.7 Å². The maximum atomic E-state index is 13.1. The number of rotatable bonds is 5. The molecule has 1 aliphatic carbocycles. The lowest BCUT2D eigenvalue weighted by molar-refractivity contribution is 0.0951. The van der Waals surface area contributed by atoms with Crippen LogP contribution in [0.25, 0.3) is 11.0 Å². The van der Waals surface area contributed by atoms with E-state index < -0.39 is 0 Å². The molecule has 0 saturated heterocycles. The average Bonchev–Trinajstić information content (AvgIpc) is 3.38. The maximum Gasteiger partial charge on any atom is 0.262 e. The van der Waals surface area contributed by atoms with Crippen molar-refractivity contribution >= 4 is 16.9 Å². The molecular weight excluding hydrogens is 335 g/mol. The van der Waals surface area contributed by atoms with Gasteiger partial charge in [0.25, 0.3) is 11.5 Å². The number of halogens is 1. The second-order valence-corrected chi connectivity index (χ2v) is 6.80. The average molecular weight is 354 g/mol. The summed E-state index contributed by atoms with van der Waals surface area (Å²) in [4.78, 5) is 25.5. The second kappa shape index (κ2) is 6.44. The SMILES string of the molecule is Cc1oc2ccn(Cc3ccc(F)cc3)c(=O)c2c1C(=O)NCC1CC1. The highest BCUT2D eigenvalue weighted by atomic mass is 19.1. The highest BCUT2D eigenvalue weighted by molar-refractivity contribution is 6.06. The van der Waals surface area contributed by atoms with E-state index in [1.54, 1.807) is 31.3 Å². The number of aryl methyl sites for hydroxylation is 1. The maximum absolute atomic E-state index is 13.1. The number of carbonyl (C=O) groups excluding carboxylic acids is 1. The molecule has 2 aromatic heterocycles. The van der Waals surface area contributed by atoms with Crippen molar-refractivity contribution in [3.8, 4) is 0 Å². The Balaban J connectivity index is 1.71. The highest BCUT2D eigenvalue weighted by Gasteiger charge is 2.25. The number of hydrogen-bond donors (Lipinski definition) is 1. The Morgan fingerprint density at radius 1 is 1.27 bits per heavy atom. The Morgan fingerprint density at radius 2 is 2.00 bits per heavy atom. The van der Waals surface area contributed by atoms with Crippen molar-refractivity contribution in [2.45, 2.75) is 26.3 Å². The van der Waals surface area contributed by atoms with E-state index in [2.05, 4.69) is 5.32 Å². The molecule has 5 nitrogen and oxygen atoms in total. The number of nitrogens with one attached hydrogen (secondary N) is 1. The van der Waals surface area contributed by atoms with Crippen LogP contribution in [-0.2, 0) is 6.54 Å². The molecule has 0 unspecified atom stereocenters. The van der Waals surface area contributed by atoms with E-state index in [4.69, 9.17) is 4.42 Å². The molecule has 1 fully saturated rings. The van der Waals surface area contributed by atoms with Gasteiger partial charge in [0.05, 0.1) is 17.5 Å². The van der Waals surface area contributed by atoms with Crippen LogP contribution < -0.4 is 10.9 Å². The van der Waals surface area contributed by atoms with E-state index >= 15 is 0 Å². The fourth-order valence-electron chi connectivity index (χ4n) is 3.10. The van der Waals surface area contributed by atoms with Crippen molar-refractivity contribution in [2.24, 2.45) is 5.92 Å². The molecule has 1 aliphatic rings. The molecule has 134 valence electrons. The lowest BCUT2D eigenvalue weighted by Crippen LogP contribution is -2.28. The van der Waals surface area contributed by atoms with Crippen LogP contribution in [0.4, 0.5) is 4.39 Å². The monoisotopic (exact) mass is 354 g/mol. The smallest absolute Gasteiger partial charge is 0.262 e. The summed E-state index contributed by atoms with van der Waals surface area (Å²) in [5.74, 6) is 0.388. The van der Waals surface area contributed by atoms with Gasteiger partial charge in [-0.3, -0.25) is 9.59 Å². The quantitative estimate of drug-likeness (QED) is 0.765. The molecule has 0 aliphatic heterocycles. The highest BCUT2D eigenvalue weighted by Crippen LogP contribution is 2.28. The van der Waals surface area contributed by atoms with Crippen LogP contribution in [0, 0.1) is 18.7 Å². The minimum atomic E-state index is -0.323. The number of furan rings is 1. The zero-order chi connectivity index (χ0) is 18.3. The summed E-state index contributed by atoms with van der Waals surface area (Å²) in [5, 5.41) is 3.19. The number of benzene rings is 1. The first kappa shape index (κ1) is 16.6. The number of pyridine rings is 1. The number of aromatic nitrogens is 1. The Labute approximate surface area is 149 Å². The predicted octanol–water partition coefficient (Wildman–Crippen LogP) is 3.23. The third-order valence-corrected chi connectivity index (χ3v) is 4.73. The molecule has 0 bridgehead atoms. The molecular formula is C20H19FN2O3. The number of amides is 1. The standard InChI is InChI=1S/C20H19FN2O3/c1-12-17(19(24)22-10-13-2-3-13)18-16(26-12)8-9-23(20(18)25)11-14-4-6-15(21)7-5-14/h4-9,13H,2-3,10-11H2,1H3,(H,22,24). The number of hydrogen-bond acceptors (Lipinski definition) is 3. The first-order valence-electron chi connectivity index (χ1n) is 8.68. The van der Waals surface area contributed by atoms with Crippen LogP contribution in [0.2, 0.25) is 0 Å². The molecule has 1 aromatic carbocycles. The van der Waals surface area contributed by atoms with Crippen LogP contribution in [0.1, 0.15) is 34.5 Å². The van der Waals surface area contributed by atoms with Gasteiger partial charge in [-0.25, -0.2) is 4.39 Å². The molecule has 3 aromatic rings. The third-order valence-electron chi connectivity index (χ3n) is 4.73. The number of carbonyl (C=O) groups is 1. The summed E-state index contributed by atoms with van der Waals surface area (Å²) in [6.45, 7) is 2.61. The van der Waals surface area contributed by atoms with Crippen molar-refractivity contribution in [2.75, 3.05) is 6.54 Å². The van der Waals surface area contributed by atoms with Gasteiger partial charge in [0, 0.05) is 12.7 Å². The molecule has 26 heavy (non-hydrogen) atoms. The van der Waals surface area contributed by atoms with E-state index in [-0.39, 0.29) is 17.3 Å². The first-order valence-corrected chi connectivity index (χ1v) is 8.68. The zero-order valence-electron chi connectivity index (χ0n) is 14.4. The normalized spacial score (nSPS) is 13.9. The summed E-state index contributed by atoms with van der Waals surface area (Å²) in [7, 11) is 0. The molecule has 0 atom stereocenters. The lowest BCUT2D eigenvalue weighted by atomic mass is 10.1. The van der Waals surface area contributed by atoms with Crippen LogP contribution in [0.5, 0.6) is 0 Å². The van der Waals surface area contributed by atoms with Crippen LogP contribution in [0.15, 0.2) is 45.7 Å². The Hall–Kier alpha value is -2.89. The Bertz CT molecular complexity index is 1030. The van der Waals surface area contributed by atoms with Crippen LogP contribution in [0.3, 0.4) is 0 Å². The summed E-state index contributed by atoms with van der Waals surface area (Å²) >= 11 is 0. The largest absolute Gasteiger partial charge is 0.460 e. The van der Waals surface area contributed by atoms with Crippen molar-refractivity contribution in [1.29, 1.82) is 0 Å².